The van der Waals surface area contributed by atoms with Gasteiger partial charge in [0.25, 0.3) is 0 Å². The Morgan fingerprint density at radius 2 is 2.05 bits per heavy atom. The van der Waals surface area contributed by atoms with Crippen molar-refractivity contribution in [2.24, 2.45) is 5.92 Å². The van der Waals surface area contributed by atoms with Crippen molar-refractivity contribution in [3.05, 3.63) is 17.6 Å². The lowest BCUT2D eigenvalue weighted by atomic mass is 9.98. The minimum absolute atomic E-state index is 0.251. The van der Waals surface area contributed by atoms with Crippen molar-refractivity contribution in [1.82, 2.24) is 14.9 Å². The number of nitrogens with zero attached hydrogens (tertiary/aromatic N) is 1. The quantitative estimate of drug-likeness (QED) is 0.817. The molecule has 1 aliphatic rings. The van der Waals surface area contributed by atoms with Crippen molar-refractivity contribution in [2.75, 3.05) is 33.7 Å². The number of rotatable bonds is 6. The molecule has 1 saturated heterocycles. The van der Waals surface area contributed by atoms with Crippen LogP contribution >= 0.6 is 0 Å². The zero-order valence-electron chi connectivity index (χ0n) is 13.0. The van der Waals surface area contributed by atoms with Crippen LogP contribution in [0, 0.1) is 12.8 Å². The van der Waals surface area contributed by atoms with Crippen molar-refractivity contribution in [3.63, 3.8) is 0 Å². The van der Waals surface area contributed by atoms with Gasteiger partial charge in [-0.1, -0.05) is 0 Å². The second kappa shape index (κ2) is 6.91. The van der Waals surface area contributed by atoms with Gasteiger partial charge in [0.15, 0.2) is 0 Å². The Morgan fingerprint density at radius 1 is 1.38 bits per heavy atom. The van der Waals surface area contributed by atoms with Crippen molar-refractivity contribution in [1.29, 1.82) is 0 Å². The molecule has 1 aromatic heterocycles. The summed E-state index contributed by atoms with van der Waals surface area (Å²) in [6.07, 6.45) is 2.07. The van der Waals surface area contributed by atoms with E-state index in [9.17, 15) is 8.42 Å². The van der Waals surface area contributed by atoms with E-state index in [-0.39, 0.29) is 4.90 Å². The summed E-state index contributed by atoms with van der Waals surface area (Å²) in [5, 5.41) is 2.95. The minimum Gasteiger partial charge on any atom is -0.464 e. The molecule has 2 heterocycles. The maximum atomic E-state index is 12.4. The third kappa shape index (κ3) is 4.29. The first-order chi connectivity index (χ1) is 9.92. The Kier molecular flexibility index (Phi) is 5.43. The second-order valence-electron chi connectivity index (χ2n) is 5.76. The lowest BCUT2D eigenvalue weighted by Crippen LogP contribution is -2.36. The summed E-state index contributed by atoms with van der Waals surface area (Å²) in [6.45, 7) is 4.77. The number of furan rings is 1. The first-order valence-corrected chi connectivity index (χ1v) is 8.83. The Balaban J connectivity index is 1.98. The van der Waals surface area contributed by atoms with Gasteiger partial charge in [0, 0.05) is 12.6 Å². The van der Waals surface area contributed by atoms with Crippen LogP contribution in [0.25, 0.3) is 0 Å². The highest BCUT2D eigenvalue weighted by atomic mass is 32.2. The lowest BCUT2D eigenvalue weighted by molar-refractivity contribution is 0.220. The van der Waals surface area contributed by atoms with E-state index in [0.29, 0.717) is 30.5 Å². The molecule has 120 valence electrons. The van der Waals surface area contributed by atoms with Gasteiger partial charge in [0.1, 0.15) is 16.4 Å². The van der Waals surface area contributed by atoms with Gasteiger partial charge >= 0.3 is 0 Å². The minimum atomic E-state index is -3.49. The highest BCUT2D eigenvalue weighted by molar-refractivity contribution is 7.89. The molecule has 0 amide bonds. The van der Waals surface area contributed by atoms with Gasteiger partial charge in [-0.3, -0.25) is 0 Å². The van der Waals surface area contributed by atoms with E-state index in [4.69, 9.17) is 4.42 Å². The fourth-order valence-corrected chi connectivity index (χ4v) is 3.94. The van der Waals surface area contributed by atoms with E-state index >= 15 is 0 Å². The molecule has 6 nitrogen and oxygen atoms in total. The molecule has 0 unspecified atom stereocenters. The number of piperidine rings is 1. The summed E-state index contributed by atoms with van der Waals surface area (Å²) in [5.41, 5.74) is 0. The Hall–Kier alpha value is -0.890. The van der Waals surface area contributed by atoms with E-state index in [0.717, 1.165) is 25.9 Å². The standard InChI is InChI=1S/C14H25N3O3S/c1-11-14(8-13(20-11)10-15-2)21(18,19)16-9-12-4-6-17(3)7-5-12/h8,12,15-16H,4-7,9-10H2,1-3H3. The molecule has 7 heteroatoms. The van der Waals surface area contributed by atoms with Crippen LogP contribution in [0.5, 0.6) is 0 Å². The number of sulfonamides is 1. The normalized spacial score (nSPS) is 18.2. The summed E-state index contributed by atoms with van der Waals surface area (Å²) < 4.78 is 32.9. The van der Waals surface area contributed by atoms with E-state index in [1.165, 1.54) is 0 Å². The van der Waals surface area contributed by atoms with Crippen LogP contribution in [0.4, 0.5) is 0 Å². The molecule has 0 atom stereocenters. The highest BCUT2D eigenvalue weighted by Gasteiger charge is 2.24. The first-order valence-electron chi connectivity index (χ1n) is 7.34. The fraction of sp³-hybridized carbons (Fsp3) is 0.714. The highest BCUT2D eigenvalue weighted by Crippen LogP contribution is 2.21. The van der Waals surface area contributed by atoms with E-state index < -0.39 is 10.0 Å². The number of aryl methyl sites for hydroxylation is 1. The van der Waals surface area contributed by atoms with E-state index in [1.54, 1.807) is 20.0 Å². The Bertz CT molecular complexity index is 560. The Morgan fingerprint density at radius 3 is 2.67 bits per heavy atom. The summed E-state index contributed by atoms with van der Waals surface area (Å²) in [6, 6.07) is 1.60. The molecular formula is C14H25N3O3S. The van der Waals surface area contributed by atoms with E-state index in [1.807, 2.05) is 0 Å². The van der Waals surface area contributed by atoms with E-state index in [2.05, 4.69) is 22.0 Å². The molecule has 2 rings (SSSR count). The molecule has 1 aliphatic heterocycles. The molecule has 0 saturated carbocycles. The van der Waals surface area contributed by atoms with Gasteiger partial charge < -0.3 is 14.6 Å². The average Bonchev–Trinajstić information content (AvgIpc) is 2.80. The largest absolute Gasteiger partial charge is 0.464 e. The van der Waals surface area contributed by atoms with Crippen molar-refractivity contribution in [2.45, 2.75) is 31.2 Å². The number of hydrogen-bond donors (Lipinski definition) is 2. The molecule has 0 spiro atoms. The van der Waals surface area contributed by atoms with Gasteiger partial charge in [-0.2, -0.15) is 0 Å². The Labute approximate surface area is 126 Å². The second-order valence-corrected chi connectivity index (χ2v) is 7.50. The molecular weight excluding hydrogens is 290 g/mol. The molecule has 0 aromatic carbocycles. The van der Waals surface area contributed by atoms with Crippen LogP contribution < -0.4 is 10.0 Å². The molecule has 1 fully saturated rings. The summed E-state index contributed by atoms with van der Waals surface area (Å²) in [4.78, 5) is 2.52. The first kappa shape index (κ1) is 16.5. The molecule has 0 aliphatic carbocycles. The van der Waals surface area contributed by atoms with Crippen LogP contribution in [0.3, 0.4) is 0 Å². The van der Waals surface area contributed by atoms with Gasteiger partial charge in [-0.15, -0.1) is 0 Å². The van der Waals surface area contributed by atoms with Crippen molar-refractivity contribution in [3.8, 4) is 0 Å². The van der Waals surface area contributed by atoms with Gasteiger partial charge in [0.2, 0.25) is 10.0 Å². The van der Waals surface area contributed by atoms with Crippen molar-refractivity contribution < 1.29 is 12.8 Å². The lowest BCUT2D eigenvalue weighted by Gasteiger charge is -2.28. The number of nitrogens with one attached hydrogen (secondary N) is 2. The van der Waals surface area contributed by atoms with Gasteiger partial charge in [0.05, 0.1) is 6.54 Å². The maximum absolute atomic E-state index is 12.4. The zero-order chi connectivity index (χ0) is 15.5. The van der Waals surface area contributed by atoms with Crippen LogP contribution in [-0.4, -0.2) is 47.0 Å². The summed E-state index contributed by atoms with van der Waals surface area (Å²) >= 11 is 0. The van der Waals surface area contributed by atoms with Crippen LogP contribution in [0.15, 0.2) is 15.4 Å². The molecule has 21 heavy (non-hydrogen) atoms. The molecule has 0 bridgehead atoms. The predicted molar refractivity (Wildman–Crippen MR) is 81.6 cm³/mol. The smallest absolute Gasteiger partial charge is 0.244 e. The number of hydrogen-bond acceptors (Lipinski definition) is 5. The molecule has 1 aromatic rings. The topological polar surface area (TPSA) is 74.6 Å². The third-order valence-electron chi connectivity index (χ3n) is 3.96. The number of likely N-dealkylation sites (tertiary alicyclic amines) is 1. The predicted octanol–water partition coefficient (Wildman–Crippen LogP) is 0.928. The zero-order valence-corrected chi connectivity index (χ0v) is 13.8. The summed E-state index contributed by atoms with van der Waals surface area (Å²) in [7, 11) is 0.405. The van der Waals surface area contributed by atoms with Crippen molar-refractivity contribution >= 4 is 10.0 Å². The fourth-order valence-electron chi connectivity index (χ4n) is 2.62. The third-order valence-corrected chi connectivity index (χ3v) is 5.49. The summed E-state index contributed by atoms with van der Waals surface area (Å²) in [5.74, 6) is 1.49. The van der Waals surface area contributed by atoms with Crippen LogP contribution in [0.2, 0.25) is 0 Å². The SMILES string of the molecule is CNCc1cc(S(=O)(=O)NCC2CCN(C)CC2)c(C)o1. The monoisotopic (exact) mass is 315 g/mol. The molecule has 0 radical (unpaired) electrons. The average molecular weight is 315 g/mol. The maximum Gasteiger partial charge on any atom is 0.244 e. The van der Waals surface area contributed by atoms with Crippen LogP contribution in [0.1, 0.15) is 24.4 Å². The molecule has 2 N–H and O–H groups in total. The van der Waals surface area contributed by atoms with Gasteiger partial charge in [-0.25, -0.2) is 13.1 Å². The van der Waals surface area contributed by atoms with Crippen LogP contribution in [-0.2, 0) is 16.6 Å². The van der Waals surface area contributed by atoms with Gasteiger partial charge in [-0.05, 0) is 52.9 Å².